The summed E-state index contributed by atoms with van der Waals surface area (Å²) in [5.74, 6) is 0.126. The Morgan fingerprint density at radius 1 is 1.31 bits per heavy atom. The molecular weight excluding hydrogens is 228 g/mol. The van der Waals surface area contributed by atoms with Gasteiger partial charge >= 0.3 is 5.97 Å². The number of esters is 1. The van der Waals surface area contributed by atoms with Crippen LogP contribution >= 0.6 is 11.6 Å². The van der Waals surface area contributed by atoms with Crippen LogP contribution in [0.25, 0.3) is 0 Å². The summed E-state index contributed by atoms with van der Waals surface area (Å²) in [4.78, 5) is 22.6. The quantitative estimate of drug-likeness (QED) is 0.433. The van der Waals surface area contributed by atoms with Gasteiger partial charge in [0.15, 0.2) is 0 Å². The van der Waals surface area contributed by atoms with Gasteiger partial charge in [-0.1, -0.05) is 6.58 Å². The van der Waals surface area contributed by atoms with Crippen molar-refractivity contribution in [1.29, 1.82) is 0 Å². The molecule has 2 bridgehead atoms. The first-order valence-corrected chi connectivity index (χ1v) is 5.92. The van der Waals surface area contributed by atoms with E-state index in [1.54, 1.807) is 6.92 Å². The predicted octanol–water partition coefficient (Wildman–Crippen LogP) is 2.29. The third kappa shape index (κ3) is 2.01. The molecule has 0 aromatic rings. The number of hydrogen-bond donors (Lipinski definition) is 0. The van der Waals surface area contributed by atoms with E-state index in [1.165, 1.54) is 0 Å². The highest BCUT2D eigenvalue weighted by atomic mass is 35.5. The monoisotopic (exact) mass is 242 g/mol. The maximum atomic E-state index is 11.4. The van der Waals surface area contributed by atoms with Crippen molar-refractivity contribution in [2.45, 2.75) is 32.3 Å². The molecule has 0 aliphatic heterocycles. The number of fused-ring (bicyclic) bond motifs is 2. The van der Waals surface area contributed by atoms with Gasteiger partial charge in [0.2, 0.25) is 5.24 Å². The van der Waals surface area contributed by atoms with E-state index in [2.05, 4.69) is 6.58 Å². The minimum Gasteiger partial charge on any atom is -0.459 e. The molecule has 2 rings (SSSR count). The Morgan fingerprint density at radius 3 is 2.50 bits per heavy atom. The summed E-state index contributed by atoms with van der Waals surface area (Å²) in [5, 5.41) is -0.288. The van der Waals surface area contributed by atoms with E-state index in [-0.39, 0.29) is 29.2 Å². The fourth-order valence-electron chi connectivity index (χ4n) is 2.92. The van der Waals surface area contributed by atoms with Gasteiger partial charge in [0.05, 0.1) is 0 Å². The van der Waals surface area contributed by atoms with Crippen molar-refractivity contribution in [3.8, 4) is 0 Å². The summed E-state index contributed by atoms with van der Waals surface area (Å²) in [7, 11) is 0. The van der Waals surface area contributed by atoms with Crippen LogP contribution in [0.5, 0.6) is 0 Å². The average molecular weight is 243 g/mol. The number of carbonyl (C=O) groups is 2. The lowest BCUT2D eigenvalue weighted by molar-refractivity contribution is -0.148. The molecule has 2 saturated carbocycles. The standard InChI is InChI=1S/C12H15ClO3/c1-6(2)12(15)16-10-5-7-3-8(10)9(4-7)11(13)14/h7-10H,1,3-5H2,2H3. The second kappa shape index (κ2) is 4.21. The normalized spacial score (nSPS) is 36.1. The molecule has 4 heteroatoms. The molecule has 4 atom stereocenters. The van der Waals surface area contributed by atoms with Gasteiger partial charge in [-0.2, -0.15) is 0 Å². The number of ether oxygens (including phenoxy) is 1. The zero-order valence-electron chi connectivity index (χ0n) is 9.24. The van der Waals surface area contributed by atoms with Crippen LogP contribution in [0.1, 0.15) is 26.2 Å². The number of hydrogen-bond acceptors (Lipinski definition) is 3. The number of halogens is 1. The van der Waals surface area contributed by atoms with E-state index in [1.807, 2.05) is 0 Å². The van der Waals surface area contributed by atoms with Gasteiger partial charge in [-0.15, -0.1) is 0 Å². The Morgan fingerprint density at radius 2 is 2.00 bits per heavy atom. The highest BCUT2D eigenvalue weighted by Gasteiger charge is 2.50. The molecule has 0 spiro atoms. The lowest BCUT2D eigenvalue weighted by Gasteiger charge is -2.26. The van der Waals surface area contributed by atoms with Crippen LogP contribution in [0.15, 0.2) is 12.2 Å². The van der Waals surface area contributed by atoms with E-state index >= 15 is 0 Å². The highest BCUT2D eigenvalue weighted by Crippen LogP contribution is 2.50. The SMILES string of the molecule is C=C(C)C(=O)OC1CC2CC(C(=O)Cl)C1C2. The van der Waals surface area contributed by atoms with Crippen LogP contribution < -0.4 is 0 Å². The van der Waals surface area contributed by atoms with Crippen LogP contribution in [-0.4, -0.2) is 17.3 Å². The van der Waals surface area contributed by atoms with E-state index < -0.39 is 0 Å². The molecule has 0 saturated heterocycles. The van der Waals surface area contributed by atoms with Crippen molar-refractivity contribution < 1.29 is 14.3 Å². The summed E-state index contributed by atoms with van der Waals surface area (Å²) >= 11 is 5.55. The van der Waals surface area contributed by atoms with Crippen LogP contribution in [0.2, 0.25) is 0 Å². The van der Waals surface area contributed by atoms with Crippen molar-refractivity contribution in [3.05, 3.63) is 12.2 Å². The average Bonchev–Trinajstić information content (AvgIpc) is 2.75. The summed E-state index contributed by atoms with van der Waals surface area (Å²) in [6.45, 7) is 5.17. The van der Waals surface area contributed by atoms with Crippen molar-refractivity contribution in [3.63, 3.8) is 0 Å². The lowest BCUT2D eigenvalue weighted by atomic mass is 9.87. The maximum Gasteiger partial charge on any atom is 0.333 e. The van der Waals surface area contributed by atoms with Gasteiger partial charge in [-0.3, -0.25) is 4.79 Å². The van der Waals surface area contributed by atoms with Gasteiger partial charge in [-0.25, -0.2) is 4.79 Å². The third-order valence-corrected chi connectivity index (χ3v) is 3.93. The summed E-state index contributed by atoms with van der Waals surface area (Å²) in [6, 6.07) is 0. The number of carbonyl (C=O) groups excluding carboxylic acids is 2. The minimum atomic E-state index is -0.363. The summed E-state index contributed by atoms with van der Waals surface area (Å²) in [5.41, 5.74) is 0.400. The fourth-order valence-corrected chi connectivity index (χ4v) is 3.17. The minimum absolute atomic E-state index is 0.122. The van der Waals surface area contributed by atoms with Crippen molar-refractivity contribution >= 4 is 22.8 Å². The Kier molecular flexibility index (Phi) is 3.06. The van der Waals surface area contributed by atoms with Crippen molar-refractivity contribution in [1.82, 2.24) is 0 Å². The van der Waals surface area contributed by atoms with Crippen molar-refractivity contribution in [2.75, 3.05) is 0 Å². The first kappa shape index (κ1) is 11.6. The Balaban J connectivity index is 2.01. The second-order valence-electron chi connectivity index (χ2n) is 4.87. The molecule has 2 aliphatic rings. The molecule has 88 valence electrons. The van der Waals surface area contributed by atoms with Gasteiger partial charge < -0.3 is 4.74 Å². The largest absolute Gasteiger partial charge is 0.459 e. The van der Waals surface area contributed by atoms with Gasteiger partial charge in [-0.05, 0) is 43.7 Å². The maximum absolute atomic E-state index is 11.4. The predicted molar refractivity (Wildman–Crippen MR) is 59.9 cm³/mol. The van der Waals surface area contributed by atoms with Gasteiger partial charge in [0.25, 0.3) is 0 Å². The lowest BCUT2D eigenvalue weighted by Crippen LogP contribution is -2.32. The smallest absolute Gasteiger partial charge is 0.333 e. The molecule has 0 heterocycles. The Labute approximate surface area is 99.8 Å². The van der Waals surface area contributed by atoms with Crippen LogP contribution in [0.3, 0.4) is 0 Å². The number of rotatable bonds is 3. The van der Waals surface area contributed by atoms with Crippen molar-refractivity contribution in [2.24, 2.45) is 17.8 Å². The Hall–Kier alpha value is -0.830. The molecule has 2 aliphatic carbocycles. The first-order valence-electron chi connectivity index (χ1n) is 5.55. The van der Waals surface area contributed by atoms with E-state index in [0.29, 0.717) is 11.5 Å². The molecule has 0 aromatic carbocycles. The molecule has 0 aromatic heterocycles. The van der Waals surface area contributed by atoms with Crippen LogP contribution in [-0.2, 0) is 14.3 Å². The van der Waals surface area contributed by atoms with E-state index in [4.69, 9.17) is 16.3 Å². The van der Waals surface area contributed by atoms with Gasteiger partial charge in [0.1, 0.15) is 6.10 Å². The Bertz CT molecular complexity index is 350. The molecular formula is C12H15ClO3. The molecule has 3 nitrogen and oxygen atoms in total. The van der Waals surface area contributed by atoms with Crippen LogP contribution in [0, 0.1) is 17.8 Å². The van der Waals surface area contributed by atoms with Gasteiger partial charge in [0, 0.05) is 17.4 Å². The summed E-state index contributed by atoms with van der Waals surface area (Å²) < 4.78 is 5.34. The molecule has 2 fully saturated rings. The van der Waals surface area contributed by atoms with Crippen LogP contribution in [0.4, 0.5) is 0 Å². The molecule has 16 heavy (non-hydrogen) atoms. The second-order valence-corrected chi connectivity index (χ2v) is 5.24. The zero-order chi connectivity index (χ0) is 11.9. The molecule has 0 N–H and O–H groups in total. The van der Waals surface area contributed by atoms with E-state index in [0.717, 1.165) is 19.3 Å². The first-order chi connectivity index (χ1) is 7.49. The third-order valence-electron chi connectivity index (χ3n) is 3.65. The highest BCUT2D eigenvalue weighted by molar-refractivity contribution is 6.64. The topological polar surface area (TPSA) is 43.4 Å². The summed E-state index contributed by atoms with van der Waals surface area (Å²) in [6.07, 6.45) is 2.53. The molecule has 4 unspecified atom stereocenters. The molecule has 0 radical (unpaired) electrons. The molecule has 0 amide bonds. The zero-order valence-corrected chi connectivity index (χ0v) is 10.00. The van der Waals surface area contributed by atoms with E-state index in [9.17, 15) is 9.59 Å². The fraction of sp³-hybridized carbons (Fsp3) is 0.667.